The van der Waals surface area contributed by atoms with Gasteiger partial charge in [0, 0.05) is 38.4 Å². The van der Waals surface area contributed by atoms with Crippen LogP contribution in [0.3, 0.4) is 0 Å². The summed E-state index contributed by atoms with van der Waals surface area (Å²) in [6.45, 7) is 4.03. The van der Waals surface area contributed by atoms with E-state index in [1.54, 1.807) is 16.4 Å². The van der Waals surface area contributed by atoms with Gasteiger partial charge in [-0.1, -0.05) is 18.2 Å². The van der Waals surface area contributed by atoms with E-state index >= 15 is 0 Å². The summed E-state index contributed by atoms with van der Waals surface area (Å²) in [4.78, 5) is 2.39. The molecule has 1 aliphatic heterocycles. The zero-order chi connectivity index (χ0) is 14.9. The summed E-state index contributed by atoms with van der Waals surface area (Å²) < 4.78 is 26.6. The van der Waals surface area contributed by atoms with Crippen LogP contribution in [0.25, 0.3) is 0 Å². The van der Waals surface area contributed by atoms with E-state index in [9.17, 15) is 8.42 Å². The smallest absolute Gasteiger partial charge is 0.218 e. The number of benzene rings is 1. The minimum absolute atomic E-state index is 0.00228. The van der Waals surface area contributed by atoms with E-state index in [0.717, 1.165) is 25.6 Å². The highest BCUT2D eigenvalue weighted by Crippen LogP contribution is 2.30. The number of hydrogen-bond donors (Lipinski definition) is 1. The van der Waals surface area contributed by atoms with Crippen LogP contribution in [0.2, 0.25) is 0 Å². The molecular weight excluding hydrogens is 286 g/mol. The number of nitrogens with two attached hydrogens (primary N) is 1. The van der Waals surface area contributed by atoms with Gasteiger partial charge in [0.2, 0.25) is 10.0 Å². The Balaban J connectivity index is 1.59. The molecule has 2 fully saturated rings. The average Bonchev–Trinajstić information content (AvgIpc) is 3.26. The Kier molecular flexibility index (Phi) is 4.19. The predicted octanol–water partition coefficient (Wildman–Crippen LogP) is 1.13. The van der Waals surface area contributed by atoms with Crippen LogP contribution >= 0.6 is 0 Å². The van der Waals surface area contributed by atoms with Crippen molar-refractivity contribution in [2.45, 2.75) is 18.6 Å². The average molecular weight is 309 g/mol. The Morgan fingerprint density at radius 1 is 1.10 bits per heavy atom. The number of piperazine rings is 1. The number of rotatable bonds is 5. The molecule has 116 valence electrons. The maximum absolute atomic E-state index is 12.5. The van der Waals surface area contributed by atoms with Gasteiger partial charge in [0.1, 0.15) is 0 Å². The van der Waals surface area contributed by atoms with Crippen LogP contribution < -0.4 is 5.73 Å². The largest absolute Gasteiger partial charge is 0.398 e. The van der Waals surface area contributed by atoms with Gasteiger partial charge in [-0.3, -0.25) is 0 Å². The van der Waals surface area contributed by atoms with Crippen molar-refractivity contribution >= 4 is 15.7 Å². The van der Waals surface area contributed by atoms with Crippen LogP contribution in [0.1, 0.15) is 18.4 Å². The van der Waals surface area contributed by atoms with Crippen LogP contribution in [-0.4, -0.2) is 50.3 Å². The lowest BCUT2D eigenvalue weighted by Crippen LogP contribution is -2.49. The second-order valence-electron chi connectivity index (χ2n) is 6.10. The molecule has 21 heavy (non-hydrogen) atoms. The molecule has 5 nitrogen and oxygen atoms in total. The Labute approximate surface area is 126 Å². The summed E-state index contributed by atoms with van der Waals surface area (Å²) in [5, 5.41) is 0. The van der Waals surface area contributed by atoms with Gasteiger partial charge in [0.15, 0.2) is 0 Å². The first-order valence-corrected chi connectivity index (χ1v) is 9.19. The molecule has 1 saturated carbocycles. The van der Waals surface area contributed by atoms with Gasteiger partial charge in [0.25, 0.3) is 0 Å². The third kappa shape index (κ3) is 3.75. The van der Waals surface area contributed by atoms with Gasteiger partial charge in [-0.05, 0) is 30.4 Å². The van der Waals surface area contributed by atoms with E-state index in [-0.39, 0.29) is 5.75 Å². The zero-order valence-electron chi connectivity index (χ0n) is 12.2. The fourth-order valence-corrected chi connectivity index (χ4v) is 4.37. The summed E-state index contributed by atoms with van der Waals surface area (Å²) in [6, 6.07) is 7.19. The van der Waals surface area contributed by atoms with Crippen molar-refractivity contribution in [1.82, 2.24) is 9.21 Å². The van der Waals surface area contributed by atoms with Crippen LogP contribution in [0.5, 0.6) is 0 Å². The first kappa shape index (κ1) is 14.8. The molecule has 1 saturated heterocycles. The molecule has 0 spiro atoms. The summed E-state index contributed by atoms with van der Waals surface area (Å²) in [5.41, 5.74) is 7.09. The van der Waals surface area contributed by atoms with Crippen LogP contribution in [0.15, 0.2) is 24.3 Å². The van der Waals surface area contributed by atoms with Crippen LogP contribution in [0, 0.1) is 5.92 Å². The summed E-state index contributed by atoms with van der Waals surface area (Å²) in [6.07, 6.45) is 2.68. The van der Waals surface area contributed by atoms with Crippen molar-refractivity contribution in [2.24, 2.45) is 5.92 Å². The molecule has 0 unspecified atom stereocenters. The Bertz CT molecular complexity index is 591. The van der Waals surface area contributed by atoms with E-state index in [0.29, 0.717) is 24.3 Å². The molecule has 6 heteroatoms. The molecule has 1 aromatic carbocycles. The second-order valence-corrected chi connectivity index (χ2v) is 8.07. The maximum atomic E-state index is 12.5. The lowest BCUT2D eigenvalue weighted by atomic mass is 10.2. The molecule has 0 bridgehead atoms. The fraction of sp³-hybridized carbons (Fsp3) is 0.600. The van der Waals surface area contributed by atoms with E-state index in [2.05, 4.69) is 4.90 Å². The predicted molar refractivity (Wildman–Crippen MR) is 84.2 cm³/mol. The summed E-state index contributed by atoms with van der Waals surface area (Å²) >= 11 is 0. The molecular formula is C15H23N3O2S. The van der Waals surface area contributed by atoms with E-state index < -0.39 is 10.0 Å². The molecule has 2 aliphatic rings. The molecule has 0 radical (unpaired) electrons. The van der Waals surface area contributed by atoms with Crippen LogP contribution in [0.4, 0.5) is 5.69 Å². The molecule has 0 aromatic heterocycles. The number of nitrogens with zero attached hydrogens (tertiary/aromatic N) is 2. The Morgan fingerprint density at radius 2 is 1.76 bits per heavy atom. The normalized spacial score (nSPS) is 21.5. The van der Waals surface area contributed by atoms with Crippen molar-refractivity contribution in [1.29, 1.82) is 0 Å². The van der Waals surface area contributed by atoms with Gasteiger partial charge >= 0.3 is 0 Å². The molecule has 0 amide bonds. The summed E-state index contributed by atoms with van der Waals surface area (Å²) in [5.74, 6) is 0.861. The van der Waals surface area contributed by atoms with Crippen LogP contribution in [-0.2, 0) is 15.8 Å². The third-order valence-electron chi connectivity index (χ3n) is 4.33. The molecule has 0 atom stereocenters. The lowest BCUT2D eigenvalue weighted by Gasteiger charge is -2.34. The lowest BCUT2D eigenvalue weighted by molar-refractivity contribution is 0.182. The number of hydrogen-bond acceptors (Lipinski definition) is 4. The molecule has 1 heterocycles. The highest BCUT2D eigenvalue weighted by molar-refractivity contribution is 7.88. The topological polar surface area (TPSA) is 66.6 Å². The zero-order valence-corrected chi connectivity index (χ0v) is 13.1. The van der Waals surface area contributed by atoms with Crippen molar-refractivity contribution < 1.29 is 8.42 Å². The van der Waals surface area contributed by atoms with Gasteiger partial charge in [0.05, 0.1) is 5.75 Å². The highest BCUT2D eigenvalue weighted by atomic mass is 32.2. The second kappa shape index (κ2) is 5.94. The third-order valence-corrected chi connectivity index (χ3v) is 6.16. The van der Waals surface area contributed by atoms with Gasteiger partial charge in [-0.25, -0.2) is 8.42 Å². The molecule has 3 rings (SSSR count). The van der Waals surface area contributed by atoms with Crippen molar-refractivity contribution in [3.05, 3.63) is 29.8 Å². The minimum atomic E-state index is -3.27. The minimum Gasteiger partial charge on any atom is -0.398 e. The number of sulfonamides is 1. The number of anilines is 1. The SMILES string of the molecule is Nc1ccccc1CS(=O)(=O)N1CCN(CC2CC2)CC1. The molecule has 1 aliphatic carbocycles. The quantitative estimate of drug-likeness (QED) is 0.828. The van der Waals surface area contributed by atoms with Crippen molar-refractivity contribution in [2.75, 3.05) is 38.5 Å². The Hall–Kier alpha value is -1.11. The standard InChI is InChI=1S/C15H23N3O2S/c16-15-4-2-1-3-14(15)12-21(19,20)18-9-7-17(8-10-18)11-13-5-6-13/h1-4,13H,5-12,16H2. The van der Waals surface area contributed by atoms with E-state index in [1.807, 2.05) is 12.1 Å². The highest BCUT2D eigenvalue weighted by Gasteiger charge is 2.30. The van der Waals surface area contributed by atoms with E-state index in [1.165, 1.54) is 12.8 Å². The van der Waals surface area contributed by atoms with Gasteiger partial charge < -0.3 is 10.6 Å². The molecule has 2 N–H and O–H groups in total. The van der Waals surface area contributed by atoms with Gasteiger partial charge in [-0.2, -0.15) is 4.31 Å². The van der Waals surface area contributed by atoms with Crippen molar-refractivity contribution in [3.8, 4) is 0 Å². The first-order valence-electron chi connectivity index (χ1n) is 7.58. The number of para-hydroxylation sites is 1. The molecule has 1 aromatic rings. The monoisotopic (exact) mass is 309 g/mol. The fourth-order valence-electron chi connectivity index (χ4n) is 2.81. The first-order chi connectivity index (χ1) is 10.0. The summed E-state index contributed by atoms with van der Waals surface area (Å²) in [7, 11) is -3.27. The Morgan fingerprint density at radius 3 is 2.38 bits per heavy atom. The number of nitrogen functional groups attached to an aromatic ring is 1. The maximum Gasteiger partial charge on any atom is 0.218 e. The van der Waals surface area contributed by atoms with E-state index in [4.69, 9.17) is 5.73 Å². The van der Waals surface area contributed by atoms with Crippen molar-refractivity contribution in [3.63, 3.8) is 0 Å². The van der Waals surface area contributed by atoms with Gasteiger partial charge in [-0.15, -0.1) is 0 Å².